The number of nitrogens with zero attached hydrogens (tertiary/aromatic N) is 5. The van der Waals surface area contributed by atoms with E-state index in [1.165, 1.54) is 11.8 Å². The number of carbonyl (C=O) groups excluding carboxylic acids is 1. The van der Waals surface area contributed by atoms with Crippen molar-refractivity contribution < 1.29 is 4.79 Å². The second-order valence-corrected chi connectivity index (χ2v) is 7.41. The number of nitrogens with one attached hydrogen (secondary N) is 1. The molecule has 0 saturated heterocycles. The normalized spacial score (nSPS) is 10.6. The fraction of sp³-hybridized carbons (Fsp3) is 0.167. The molecule has 2 heterocycles. The molecule has 0 unspecified atom stereocenters. The van der Waals surface area contributed by atoms with Gasteiger partial charge < -0.3 is 5.32 Å². The van der Waals surface area contributed by atoms with Crippen molar-refractivity contribution >= 4 is 39.3 Å². The third kappa shape index (κ3) is 4.81. The molecule has 0 fully saturated rings. The van der Waals surface area contributed by atoms with Gasteiger partial charge in [-0.2, -0.15) is 0 Å². The van der Waals surface area contributed by atoms with Gasteiger partial charge in [-0.3, -0.25) is 14.3 Å². The number of aryl methyl sites for hydroxylation is 1. The van der Waals surface area contributed by atoms with Crippen LogP contribution in [0.4, 0.5) is 5.69 Å². The lowest BCUT2D eigenvalue weighted by molar-refractivity contribution is -0.113. The first-order valence-electron chi connectivity index (χ1n) is 8.07. The zero-order valence-corrected chi connectivity index (χ0v) is 17.0. The van der Waals surface area contributed by atoms with Gasteiger partial charge in [-0.05, 0) is 40.5 Å². The Labute approximate surface area is 169 Å². The Morgan fingerprint density at radius 2 is 2.22 bits per heavy atom. The van der Waals surface area contributed by atoms with Crippen molar-refractivity contribution in [3.05, 3.63) is 59.5 Å². The van der Waals surface area contributed by atoms with Crippen LogP contribution in [0.1, 0.15) is 5.56 Å². The number of hydrogen-bond acceptors (Lipinski definition) is 6. The summed E-state index contributed by atoms with van der Waals surface area (Å²) in [6, 6.07) is 5.77. The number of thioether (sulfide) groups is 1. The molecule has 7 nitrogen and oxygen atoms in total. The summed E-state index contributed by atoms with van der Waals surface area (Å²) in [5, 5.41) is 11.9. The van der Waals surface area contributed by atoms with E-state index in [1.54, 1.807) is 24.7 Å². The summed E-state index contributed by atoms with van der Waals surface area (Å²) in [7, 11) is 0. The standard InChI is InChI=1S/C18H17BrN6OS/c1-3-8-25-17(15-10-20-6-7-21-15)23-24-18(25)27-11-16(26)22-14-5-4-12(2)9-13(14)19/h3-7,9-10H,1,8,11H2,2H3,(H,22,26). The van der Waals surface area contributed by atoms with Gasteiger partial charge in [0.2, 0.25) is 5.91 Å². The monoisotopic (exact) mass is 444 g/mol. The second-order valence-electron chi connectivity index (χ2n) is 5.62. The van der Waals surface area contributed by atoms with E-state index in [1.807, 2.05) is 29.7 Å². The maximum absolute atomic E-state index is 12.3. The summed E-state index contributed by atoms with van der Waals surface area (Å²) in [5.41, 5.74) is 2.47. The van der Waals surface area contributed by atoms with Crippen LogP contribution in [-0.2, 0) is 11.3 Å². The highest BCUT2D eigenvalue weighted by Gasteiger charge is 2.16. The van der Waals surface area contributed by atoms with Gasteiger partial charge in [0, 0.05) is 23.4 Å². The van der Waals surface area contributed by atoms with Crippen molar-refractivity contribution in [1.82, 2.24) is 24.7 Å². The third-order valence-electron chi connectivity index (χ3n) is 3.55. The molecule has 138 valence electrons. The minimum Gasteiger partial charge on any atom is -0.324 e. The minimum absolute atomic E-state index is 0.126. The van der Waals surface area contributed by atoms with Crippen molar-refractivity contribution in [1.29, 1.82) is 0 Å². The van der Waals surface area contributed by atoms with E-state index < -0.39 is 0 Å². The average Bonchev–Trinajstić information content (AvgIpc) is 3.06. The second kappa shape index (κ2) is 8.92. The van der Waals surface area contributed by atoms with Gasteiger partial charge in [0.05, 0.1) is 17.6 Å². The number of carbonyl (C=O) groups is 1. The van der Waals surface area contributed by atoms with Crippen LogP contribution in [0.25, 0.3) is 11.5 Å². The number of halogens is 1. The molecule has 0 aliphatic heterocycles. The van der Waals surface area contributed by atoms with Crippen LogP contribution < -0.4 is 5.32 Å². The van der Waals surface area contributed by atoms with E-state index in [0.717, 1.165) is 15.7 Å². The lowest BCUT2D eigenvalue weighted by Gasteiger charge is -2.09. The van der Waals surface area contributed by atoms with Crippen LogP contribution in [0.3, 0.4) is 0 Å². The fourth-order valence-corrected chi connectivity index (χ4v) is 3.67. The Bertz CT molecular complexity index is 960. The van der Waals surface area contributed by atoms with Crippen LogP contribution >= 0.6 is 27.7 Å². The first-order chi connectivity index (χ1) is 13.1. The van der Waals surface area contributed by atoms with Crippen molar-refractivity contribution in [2.45, 2.75) is 18.6 Å². The largest absolute Gasteiger partial charge is 0.324 e. The fourth-order valence-electron chi connectivity index (χ4n) is 2.33. The van der Waals surface area contributed by atoms with E-state index in [0.29, 0.717) is 23.2 Å². The van der Waals surface area contributed by atoms with Crippen LogP contribution in [0, 0.1) is 6.92 Å². The van der Waals surface area contributed by atoms with E-state index in [9.17, 15) is 4.79 Å². The number of rotatable bonds is 7. The molecule has 9 heteroatoms. The molecule has 0 spiro atoms. The number of amides is 1. The van der Waals surface area contributed by atoms with Gasteiger partial charge in [0.25, 0.3) is 0 Å². The smallest absolute Gasteiger partial charge is 0.234 e. The topological polar surface area (TPSA) is 85.6 Å². The van der Waals surface area contributed by atoms with Crippen LogP contribution in [0.2, 0.25) is 0 Å². The number of benzene rings is 1. The van der Waals surface area contributed by atoms with E-state index in [2.05, 4.69) is 48.0 Å². The Morgan fingerprint density at radius 1 is 1.37 bits per heavy atom. The van der Waals surface area contributed by atoms with Gasteiger partial charge in [-0.25, -0.2) is 4.98 Å². The van der Waals surface area contributed by atoms with E-state index in [-0.39, 0.29) is 11.7 Å². The molecule has 3 rings (SSSR count). The summed E-state index contributed by atoms with van der Waals surface area (Å²) in [4.78, 5) is 20.6. The lowest BCUT2D eigenvalue weighted by atomic mass is 10.2. The highest BCUT2D eigenvalue weighted by molar-refractivity contribution is 9.10. The summed E-state index contributed by atoms with van der Waals surface area (Å²) in [6.07, 6.45) is 6.57. The van der Waals surface area contributed by atoms with Gasteiger partial charge >= 0.3 is 0 Å². The molecule has 0 aliphatic carbocycles. The average molecular weight is 445 g/mol. The molecule has 0 bridgehead atoms. The lowest BCUT2D eigenvalue weighted by Crippen LogP contribution is -2.15. The Morgan fingerprint density at radius 3 is 2.93 bits per heavy atom. The Kier molecular flexibility index (Phi) is 6.36. The summed E-state index contributed by atoms with van der Waals surface area (Å²) in [5.74, 6) is 0.668. The molecular formula is C18H17BrN6OS. The molecule has 1 amide bonds. The summed E-state index contributed by atoms with van der Waals surface area (Å²) >= 11 is 4.77. The van der Waals surface area contributed by atoms with Gasteiger partial charge in [0.15, 0.2) is 11.0 Å². The molecule has 2 aromatic heterocycles. The molecule has 0 aliphatic rings. The van der Waals surface area contributed by atoms with Crippen LogP contribution in [-0.4, -0.2) is 36.4 Å². The Hall–Kier alpha value is -2.52. The maximum Gasteiger partial charge on any atom is 0.234 e. The number of aromatic nitrogens is 5. The quantitative estimate of drug-likeness (QED) is 0.441. The van der Waals surface area contributed by atoms with Crippen molar-refractivity contribution in [3.63, 3.8) is 0 Å². The Balaban J connectivity index is 1.71. The predicted molar refractivity (Wildman–Crippen MR) is 109 cm³/mol. The highest BCUT2D eigenvalue weighted by Crippen LogP contribution is 2.25. The van der Waals surface area contributed by atoms with Crippen molar-refractivity contribution in [3.8, 4) is 11.5 Å². The number of hydrogen-bond donors (Lipinski definition) is 1. The zero-order chi connectivity index (χ0) is 19.2. The highest BCUT2D eigenvalue weighted by atomic mass is 79.9. The number of anilines is 1. The first-order valence-corrected chi connectivity index (χ1v) is 9.85. The maximum atomic E-state index is 12.3. The van der Waals surface area contributed by atoms with E-state index in [4.69, 9.17) is 0 Å². The molecule has 1 N–H and O–H groups in total. The molecule has 0 radical (unpaired) electrons. The van der Waals surface area contributed by atoms with Gasteiger partial charge in [0.1, 0.15) is 5.69 Å². The minimum atomic E-state index is -0.126. The summed E-state index contributed by atoms with van der Waals surface area (Å²) < 4.78 is 2.71. The predicted octanol–water partition coefficient (Wildman–Crippen LogP) is 3.72. The van der Waals surface area contributed by atoms with Crippen LogP contribution in [0.5, 0.6) is 0 Å². The molecular weight excluding hydrogens is 428 g/mol. The third-order valence-corrected chi connectivity index (χ3v) is 5.17. The molecule has 0 atom stereocenters. The van der Waals surface area contributed by atoms with E-state index >= 15 is 0 Å². The van der Waals surface area contributed by atoms with Crippen LogP contribution in [0.15, 0.2) is 59.1 Å². The molecule has 3 aromatic rings. The zero-order valence-electron chi connectivity index (χ0n) is 14.6. The van der Waals surface area contributed by atoms with Gasteiger partial charge in [-0.1, -0.05) is 23.9 Å². The van der Waals surface area contributed by atoms with Gasteiger partial charge in [-0.15, -0.1) is 16.8 Å². The SMILES string of the molecule is C=CCn1c(SCC(=O)Nc2ccc(C)cc2Br)nnc1-c1cnccn1. The van der Waals surface area contributed by atoms with Crippen molar-refractivity contribution in [2.24, 2.45) is 0 Å². The number of allylic oxidation sites excluding steroid dienone is 1. The summed E-state index contributed by atoms with van der Waals surface area (Å²) in [6.45, 7) is 6.27. The van der Waals surface area contributed by atoms with Crippen molar-refractivity contribution in [2.75, 3.05) is 11.1 Å². The molecule has 0 saturated carbocycles. The molecule has 1 aromatic carbocycles. The molecule has 27 heavy (non-hydrogen) atoms. The first kappa shape index (κ1) is 19.2.